The average molecular weight is 223 g/mol. The minimum Gasteiger partial charge on any atom is -0.376 e. The number of carbonyl (C=O) groups is 1. The van der Waals surface area contributed by atoms with Gasteiger partial charge in [0.1, 0.15) is 0 Å². The van der Waals surface area contributed by atoms with Crippen molar-refractivity contribution in [3.8, 4) is 12.3 Å². The molecule has 1 heterocycles. The van der Waals surface area contributed by atoms with Gasteiger partial charge >= 0.3 is 0 Å². The molecule has 0 spiro atoms. The van der Waals surface area contributed by atoms with Crippen LogP contribution >= 0.6 is 0 Å². The Morgan fingerprint density at radius 3 is 2.81 bits per heavy atom. The molecule has 0 aromatic carbocycles. The van der Waals surface area contributed by atoms with Crippen molar-refractivity contribution in [1.82, 2.24) is 4.90 Å². The van der Waals surface area contributed by atoms with Crippen molar-refractivity contribution in [2.24, 2.45) is 5.92 Å². The van der Waals surface area contributed by atoms with Gasteiger partial charge in [-0.25, -0.2) is 0 Å². The monoisotopic (exact) mass is 223 g/mol. The van der Waals surface area contributed by atoms with Crippen molar-refractivity contribution < 1.29 is 14.3 Å². The second-order valence-corrected chi connectivity index (χ2v) is 4.30. The fourth-order valence-electron chi connectivity index (χ4n) is 1.79. The van der Waals surface area contributed by atoms with E-state index >= 15 is 0 Å². The third-order valence-electron chi connectivity index (χ3n) is 2.86. The Morgan fingerprint density at radius 2 is 2.25 bits per heavy atom. The second kappa shape index (κ2) is 5.33. The van der Waals surface area contributed by atoms with Crippen LogP contribution in [0.25, 0.3) is 0 Å². The van der Waals surface area contributed by atoms with E-state index in [1.54, 1.807) is 4.90 Å². The summed E-state index contributed by atoms with van der Waals surface area (Å²) in [5.74, 6) is 3.15. The molecule has 0 bridgehead atoms. The standard InChI is InChI=1S/C12H17NO3/c1-2-5-13(8-10-3-4-10)12(14)11-9-15-6-7-16-11/h1,10-11H,3-9H2. The lowest BCUT2D eigenvalue weighted by Crippen LogP contribution is -2.46. The van der Waals surface area contributed by atoms with Crippen LogP contribution in [0.4, 0.5) is 0 Å². The minimum atomic E-state index is -0.458. The first-order valence-electron chi connectivity index (χ1n) is 5.73. The van der Waals surface area contributed by atoms with Crippen molar-refractivity contribution in [3.63, 3.8) is 0 Å². The topological polar surface area (TPSA) is 38.8 Å². The Hall–Kier alpha value is -1.05. The Bertz CT molecular complexity index is 287. The van der Waals surface area contributed by atoms with E-state index in [1.807, 2.05) is 0 Å². The molecule has 4 heteroatoms. The van der Waals surface area contributed by atoms with Crippen LogP contribution in [0.3, 0.4) is 0 Å². The molecule has 0 aromatic heterocycles. The number of terminal acetylenes is 1. The highest BCUT2D eigenvalue weighted by Crippen LogP contribution is 2.29. The molecule has 16 heavy (non-hydrogen) atoms. The Balaban J connectivity index is 1.89. The number of ether oxygens (including phenoxy) is 2. The van der Waals surface area contributed by atoms with Crippen molar-refractivity contribution in [1.29, 1.82) is 0 Å². The molecule has 1 aliphatic carbocycles. The molecule has 2 aliphatic rings. The normalized spacial score (nSPS) is 24.8. The Kier molecular flexibility index (Phi) is 3.81. The highest BCUT2D eigenvalue weighted by atomic mass is 16.6. The lowest BCUT2D eigenvalue weighted by atomic mass is 10.2. The maximum Gasteiger partial charge on any atom is 0.254 e. The summed E-state index contributed by atoms with van der Waals surface area (Å²) in [4.78, 5) is 13.8. The van der Waals surface area contributed by atoms with Gasteiger partial charge < -0.3 is 14.4 Å². The molecule has 1 saturated heterocycles. The zero-order valence-electron chi connectivity index (χ0n) is 9.35. The first-order chi connectivity index (χ1) is 7.81. The fourth-order valence-corrected chi connectivity index (χ4v) is 1.79. The van der Waals surface area contributed by atoms with Crippen LogP contribution < -0.4 is 0 Å². The Morgan fingerprint density at radius 1 is 1.44 bits per heavy atom. The molecular weight excluding hydrogens is 206 g/mol. The number of carbonyl (C=O) groups excluding carboxylic acids is 1. The molecule has 2 fully saturated rings. The van der Waals surface area contributed by atoms with E-state index in [0.29, 0.717) is 32.3 Å². The van der Waals surface area contributed by atoms with Crippen LogP contribution in [0.15, 0.2) is 0 Å². The predicted molar refractivity (Wildman–Crippen MR) is 58.7 cm³/mol. The van der Waals surface area contributed by atoms with Crippen molar-refractivity contribution in [3.05, 3.63) is 0 Å². The Labute approximate surface area is 95.9 Å². The molecular formula is C12H17NO3. The van der Waals surface area contributed by atoms with E-state index in [4.69, 9.17) is 15.9 Å². The number of hydrogen-bond donors (Lipinski definition) is 0. The maximum atomic E-state index is 12.1. The van der Waals surface area contributed by atoms with Crippen molar-refractivity contribution >= 4 is 5.91 Å². The van der Waals surface area contributed by atoms with Crippen LogP contribution in [0.1, 0.15) is 12.8 Å². The summed E-state index contributed by atoms with van der Waals surface area (Å²) in [7, 11) is 0. The molecule has 1 unspecified atom stereocenters. The van der Waals surface area contributed by atoms with Crippen LogP contribution in [0, 0.1) is 18.3 Å². The van der Waals surface area contributed by atoms with Crippen molar-refractivity contribution in [2.75, 3.05) is 32.9 Å². The van der Waals surface area contributed by atoms with Gasteiger partial charge in [0.25, 0.3) is 5.91 Å². The zero-order valence-corrected chi connectivity index (χ0v) is 9.35. The molecule has 1 amide bonds. The van der Waals surface area contributed by atoms with Crippen LogP contribution in [0.5, 0.6) is 0 Å². The molecule has 1 saturated carbocycles. The number of amides is 1. The van der Waals surface area contributed by atoms with E-state index in [2.05, 4.69) is 5.92 Å². The highest BCUT2D eigenvalue weighted by Gasteiger charge is 2.31. The van der Waals surface area contributed by atoms with E-state index in [0.717, 1.165) is 6.54 Å². The smallest absolute Gasteiger partial charge is 0.254 e. The number of rotatable bonds is 4. The second-order valence-electron chi connectivity index (χ2n) is 4.30. The molecule has 4 nitrogen and oxygen atoms in total. The zero-order chi connectivity index (χ0) is 11.4. The summed E-state index contributed by atoms with van der Waals surface area (Å²) in [6.45, 7) is 2.55. The van der Waals surface area contributed by atoms with E-state index in [1.165, 1.54) is 12.8 Å². The lowest BCUT2D eigenvalue weighted by Gasteiger charge is -2.28. The van der Waals surface area contributed by atoms with Gasteiger partial charge in [-0.15, -0.1) is 6.42 Å². The van der Waals surface area contributed by atoms with Gasteiger partial charge in [0, 0.05) is 6.54 Å². The summed E-state index contributed by atoms with van der Waals surface area (Å²) in [6, 6.07) is 0. The third kappa shape index (κ3) is 2.97. The maximum absolute atomic E-state index is 12.1. The quantitative estimate of drug-likeness (QED) is 0.642. The number of nitrogens with zero attached hydrogens (tertiary/aromatic N) is 1. The van der Waals surface area contributed by atoms with Crippen LogP contribution in [-0.2, 0) is 14.3 Å². The first-order valence-corrected chi connectivity index (χ1v) is 5.73. The number of hydrogen-bond acceptors (Lipinski definition) is 3. The third-order valence-corrected chi connectivity index (χ3v) is 2.86. The molecule has 2 rings (SSSR count). The molecule has 1 aliphatic heterocycles. The predicted octanol–water partition coefficient (Wildman–Crippen LogP) is 0.274. The summed E-state index contributed by atoms with van der Waals surface area (Å²) >= 11 is 0. The fraction of sp³-hybridized carbons (Fsp3) is 0.750. The van der Waals surface area contributed by atoms with Gasteiger partial charge in [-0.2, -0.15) is 0 Å². The van der Waals surface area contributed by atoms with Gasteiger partial charge in [0.2, 0.25) is 0 Å². The van der Waals surface area contributed by atoms with Gasteiger partial charge in [0.15, 0.2) is 6.10 Å². The summed E-state index contributed by atoms with van der Waals surface area (Å²) in [6.07, 6.45) is 7.23. The van der Waals surface area contributed by atoms with Crippen LogP contribution in [-0.4, -0.2) is 49.8 Å². The van der Waals surface area contributed by atoms with Gasteiger partial charge in [-0.3, -0.25) is 4.79 Å². The van der Waals surface area contributed by atoms with Gasteiger partial charge in [-0.05, 0) is 18.8 Å². The largest absolute Gasteiger partial charge is 0.376 e. The molecule has 0 aromatic rings. The van der Waals surface area contributed by atoms with Crippen molar-refractivity contribution in [2.45, 2.75) is 18.9 Å². The average Bonchev–Trinajstić information content (AvgIpc) is 3.13. The van der Waals surface area contributed by atoms with Gasteiger partial charge in [0.05, 0.1) is 26.4 Å². The molecule has 0 N–H and O–H groups in total. The SMILES string of the molecule is C#CCN(CC1CC1)C(=O)C1COCCO1. The molecule has 0 radical (unpaired) electrons. The van der Waals surface area contributed by atoms with Crippen LogP contribution in [0.2, 0.25) is 0 Å². The molecule has 1 atom stereocenters. The minimum absolute atomic E-state index is 0.0236. The van der Waals surface area contributed by atoms with Gasteiger partial charge in [-0.1, -0.05) is 5.92 Å². The summed E-state index contributed by atoms with van der Waals surface area (Å²) < 4.78 is 10.6. The van der Waals surface area contributed by atoms with E-state index in [9.17, 15) is 4.79 Å². The highest BCUT2D eigenvalue weighted by molar-refractivity contribution is 5.81. The lowest BCUT2D eigenvalue weighted by molar-refractivity contribution is -0.157. The summed E-state index contributed by atoms with van der Waals surface area (Å²) in [5.41, 5.74) is 0. The molecule has 88 valence electrons. The van der Waals surface area contributed by atoms with E-state index in [-0.39, 0.29) is 5.91 Å². The summed E-state index contributed by atoms with van der Waals surface area (Å²) in [5, 5.41) is 0. The first kappa shape index (κ1) is 11.4. The van der Waals surface area contributed by atoms with E-state index < -0.39 is 6.10 Å².